The number of aliphatic hydroxyl groups excluding tert-OH is 1. The van der Waals surface area contributed by atoms with Crippen molar-refractivity contribution >= 4 is 11.3 Å². The molecule has 0 aromatic carbocycles. The highest BCUT2D eigenvalue weighted by Gasteiger charge is 2.20. The second kappa shape index (κ2) is 5.94. The summed E-state index contributed by atoms with van der Waals surface area (Å²) in [5, 5.41) is 10.6. The first-order chi connectivity index (χ1) is 8.15. The Labute approximate surface area is 107 Å². The van der Waals surface area contributed by atoms with E-state index in [-0.39, 0.29) is 6.10 Å². The number of hydrogen-bond donors (Lipinski definition) is 1. The van der Waals surface area contributed by atoms with E-state index < -0.39 is 0 Å². The van der Waals surface area contributed by atoms with E-state index in [2.05, 4.69) is 16.9 Å². The van der Waals surface area contributed by atoms with Crippen LogP contribution in [0, 0.1) is 0 Å². The number of nitrogens with zero attached hydrogens (tertiary/aromatic N) is 2. The number of piperidine rings is 1. The largest absolute Gasteiger partial charge is 0.393 e. The zero-order chi connectivity index (χ0) is 12.3. The summed E-state index contributed by atoms with van der Waals surface area (Å²) in [4.78, 5) is 8.14. The van der Waals surface area contributed by atoms with Gasteiger partial charge in [-0.15, -0.1) is 11.3 Å². The van der Waals surface area contributed by atoms with E-state index in [0.717, 1.165) is 12.8 Å². The summed E-state index contributed by atoms with van der Waals surface area (Å²) in [6.07, 6.45) is 7.44. The van der Waals surface area contributed by atoms with Crippen LogP contribution >= 0.6 is 11.3 Å². The normalized spacial score (nSPS) is 23.8. The molecule has 1 saturated heterocycles. The minimum absolute atomic E-state index is 0.263. The van der Waals surface area contributed by atoms with Crippen molar-refractivity contribution in [3.05, 3.63) is 16.1 Å². The van der Waals surface area contributed by atoms with Crippen molar-refractivity contribution in [2.24, 2.45) is 0 Å². The highest BCUT2D eigenvalue weighted by atomic mass is 32.1. The molecule has 4 heteroatoms. The molecule has 1 N–H and O–H groups in total. The number of aromatic nitrogens is 1. The Kier molecular flexibility index (Phi) is 4.54. The highest BCUT2D eigenvalue weighted by molar-refractivity contribution is 7.11. The van der Waals surface area contributed by atoms with Gasteiger partial charge in [0.15, 0.2) is 0 Å². The maximum atomic E-state index is 9.35. The Hall–Kier alpha value is -0.450. The lowest BCUT2D eigenvalue weighted by Crippen LogP contribution is -2.37. The van der Waals surface area contributed by atoms with Gasteiger partial charge in [0.25, 0.3) is 0 Å². The minimum Gasteiger partial charge on any atom is -0.393 e. The van der Waals surface area contributed by atoms with Gasteiger partial charge < -0.3 is 10.0 Å². The van der Waals surface area contributed by atoms with E-state index in [1.54, 1.807) is 11.3 Å². The van der Waals surface area contributed by atoms with Gasteiger partial charge in [-0.25, -0.2) is 4.98 Å². The maximum absolute atomic E-state index is 9.35. The third-order valence-corrected chi connectivity index (χ3v) is 4.47. The lowest BCUT2D eigenvalue weighted by atomic mass is 10.0. The molecule has 2 unspecified atom stereocenters. The van der Waals surface area contributed by atoms with E-state index in [1.807, 2.05) is 13.1 Å². The van der Waals surface area contributed by atoms with Crippen LogP contribution in [-0.2, 0) is 12.8 Å². The molecule has 0 radical (unpaired) electrons. The molecule has 3 nitrogen and oxygen atoms in total. The lowest BCUT2D eigenvalue weighted by Gasteiger charge is -2.31. The summed E-state index contributed by atoms with van der Waals surface area (Å²) in [5.41, 5.74) is 0. The van der Waals surface area contributed by atoms with E-state index >= 15 is 0 Å². The van der Waals surface area contributed by atoms with Gasteiger partial charge in [0, 0.05) is 30.0 Å². The Balaban J connectivity index is 1.91. The van der Waals surface area contributed by atoms with Crippen molar-refractivity contribution in [2.45, 2.75) is 51.2 Å². The van der Waals surface area contributed by atoms with Crippen LogP contribution in [0.3, 0.4) is 0 Å². The van der Waals surface area contributed by atoms with Crippen LogP contribution in [0.25, 0.3) is 0 Å². The number of likely N-dealkylation sites (N-methyl/N-ethyl adjacent to an activating group) is 1. The first-order valence-corrected chi connectivity index (χ1v) is 7.28. The molecule has 0 amide bonds. The number of rotatable bonds is 4. The fourth-order valence-corrected chi connectivity index (χ4v) is 3.55. The second-order valence-electron chi connectivity index (χ2n) is 5.11. The van der Waals surface area contributed by atoms with Gasteiger partial charge in [0.2, 0.25) is 0 Å². The number of hydrogen-bond acceptors (Lipinski definition) is 4. The van der Waals surface area contributed by atoms with Gasteiger partial charge in [-0.3, -0.25) is 0 Å². The molecule has 0 spiro atoms. The Morgan fingerprint density at radius 3 is 3.12 bits per heavy atom. The van der Waals surface area contributed by atoms with Gasteiger partial charge in [-0.2, -0.15) is 0 Å². The standard InChI is InChI=1S/C13H22N2OS/c1-10(16)7-12-9-14-13(17-12)8-11-5-3-4-6-15(11)2/h9-11,16H,3-8H2,1-2H3. The van der Waals surface area contributed by atoms with Gasteiger partial charge in [0.1, 0.15) is 0 Å². The van der Waals surface area contributed by atoms with Crippen molar-refractivity contribution < 1.29 is 5.11 Å². The Bertz CT molecular complexity index is 351. The summed E-state index contributed by atoms with van der Waals surface area (Å²) in [6, 6.07) is 0.661. The molecule has 0 aliphatic carbocycles. The number of aliphatic hydroxyl groups is 1. The number of likely N-dealkylation sites (tertiary alicyclic amines) is 1. The third kappa shape index (κ3) is 3.76. The minimum atomic E-state index is -0.263. The molecule has 17 heavy (non-hydrogen) atoms. The average molecular weight is 254 g/mol. The van der Waals surface area contributed by atoms with Crippen molar-refractivity contribution in [2.75, 3.05) is 13.6 Å². The van der Waals surface area contributed by atoms with Gasteiger partial charge in [0.05, 0.1) is 11.1 Å². The Morgan fingerprint density at radius 1 is 1.59 bits per heavy atom. The molecule has 1 aliphatic heterocycles. The topological polar surface area (TPSA) is 36.4 Å². The van der Waals surface area contributed by atoms with Gasteiger partial charge in [-0.05, 0) is 33.4 Å². The summed E-state index contributed by atoms with van der Waals surface area (Å²) in [6.45, 7) is 3.05. The molecule has 1 aromatic rings. The van der Waals surface area contributed by atoms with E-state index in [4.69, 9.17) is 0 Å². The molecule has 96 valence electrons. The van der Waals surface area contributed by atoms with Crippen LogP contribution < -0.4 is 0 Å². The predicted molar refractivity (Wildman–Crippen MR) is 71.5 cm³/mol. The SMILES string of the molecule is CC(O)Cc1cnc(CC2CCCCN2C)s1. The molecular weight excluding hydrogens is 232 g/mol. The van der Waals surface area contributed by atoms with E-state index in [1.165, 1.54) is 35.7 Å². The molecule has 1 aromatic heterocycles. The summed E-state index contributed by atoms with van der Waals surface area (Å²) >= 11 is 1.76. The first-order valence-electron chi connectivity index (χ1n) is 6.47. The van der Waals surface area contributed by atoms with Crippen LogP contribution in [0.5, 0.6) is 0 Å². The van der Waals surface area contributed by atoms with Crippen molar-refractivity contribution in [1.82, 2.24) is 9.88 Å². The molecule has 1 aliphatic rings. The summed E-state index contributed by atoms with van der Waals surface area (Å²) < 4.78 is 0. The molecule has 0 saturated carbocycles. The van der Waals surface area contributed by atoms with Crippen molar-refractivity contribution in [1.29, 1.82) is 0 Å². The van der Waals surface area contributed by atoms with E-state index in [0.29, 0.717) is 6.04 Å². The molecule has 0 bridgehead atoms. The van der Waals surface area contributed by atoms with Crippen molar-refractivity contribution in [3.8, 4) is 0 Å². The van der Waals surface area contributed by atoms with Crippen molar-refractivity contribution in [3.63, 3.8) is 0 Å². The van der Waals surface area contributed by atoms with Gasteiger partial charge in [-0.1, -0.05) is 6.42 Å². The zero-order valence-electron chi connectivity index (χ0n) is 10.7. The third-order valence-electron chi connectivity index (χ3n) is 3.43. The highest BCUT2D eigenvalue weighted by Crippen LogP contribution is 2.22. The fourth-order valence-electron chi connectivity index (χ4n) is 2.43. The molecule has 2 rings (SSSR count). The maximum Gasteiger partial charge on any atom is 0.0943 e. The quantitative estimate of drug-likeness (QED) is 0.894. The summed E-state index contributed by atoms with van der Waals surface area (Å²) in [7, 11) is 2.22. The zero-order valence-corrected chi connectivity index (χ0v) is 11.5. The molecular formula is C13H22N2OS. The van der Waals surface area contributed by atoms with Crippen LogP contribution in [0.1, 0.15) is 36.1 Å². The summed E-state index contributed by atoms with van der Waals surface area (Å²) in [5.74, 6) is 0. The van der Waals surface area contributed by atoms with Crippen LogP contribution in [0.15, 0.2) is 6.20 Å². The molecule has 2 atom stereocenters. The molecule has 1 fully saturated rings. The van der Waals surface area contributed by atoms with Crippen LogP contribution in [-0.4, -0.2) is 40.7 Å². The smallest absolute Gasteiger partial charge is 0.0943 e. The number of thiazole rings is 1. The molecule has 2 heterocycles. The fraction of sp³-hybridized carbons (Fsp3) is 0.769. The second-order valence-corrected chi connectivity index (χ2v) is 6.31. The van der Waals surface area contributed by atoms with Crippen LogP contribution in [0.4, 0.5) is 0 Å². The van der Waals surface area contributed by atoms with E-state index in [9.17, 15) is 5.11 Å². The average Bonchev–Trinajstić information content (AvgIpc) is 2.68. The first kappa shape index (κ1) is 13.0. The van der Waals surface area contributed by atoms with Gasteiger partial charge >= 0.3 is 0 Å². The van der Waals surface area contributed by atoms with Crippen LogP contribution in [0.2, 0.25) is 0 Å². The monoisotopic (exact) mass is 254 g/mol. The predicted octanol–water partition coefficient (Wildman–Crippen LogP) is 2.09. The lowest BCUT2D eigenvalue weighted by molar-refractivity contribution is 0.184. The Morgan fingerprint density at radius 2 is 2.41 bits per heavy atom.